The molecule has 0 saturated carbocycles. The molecule has 0 atom stereocenters. The van der Waals surface area contributed by atoms with Gasteiger partial charge in [0.25, 0.3) is 0 Å². The molecule has 0 bridgehead atoms. The van der Waals surface area contributed by atoms with Gasteiger partial charge in [0, 0.05) is 19.4 Å². The predicted molar refractivity (Wildman–Crippen MR) is 84.3 cm³/mol. The molecule has 0 spiro atoms. The molecule has 0 fully saturated rings. The van der Waals surface area contributed by atoms with Crippen LogP contribution in [0.15, 0.2) is 53.0 Å². The first-order valence-electron chi connectivity index (χ1n) is 6.06. The van der Waals surface area contributed by atoms with Crippen molar-refractivity contribution >= 4 is 37.4 Å². The molecule has 2 aromatic carbocycles. The van der Waals surface area contributed by atoms with Crippen LogP contribution < -0.4 is 0 Å². The Labute approximate surface area is 119 Å². The Kier molecular flexibility index (Phi) is 3.23. The van der Waals surface area contributed by atoms with Gasteiger partial charge in [0.1, 0.15) is 0 Å². The highest BCUT2D eigenvalue weighted by Gasteiger charge is 2.10. The summed E-state index contributed by atoms with van der Waals surface area (Å²) in [6.07, 6.45) is 1.09. The minimum absolute atomic E-state index is 1.09. The Bertz CT molecular complexity index is 680. The molecule has 1 aromatic heterocycles. The summed E-state index contributed by atoms with van der Waals surface area (Å²) in [7, 11) is 0. The van der Waals surface area contributed by atoms with Crippen LogP contribution in [0.25, 0.3) is 20.5 Å². The van der Waals surface area contributed by atoms with Crippen molar-refractivity contribution in [3.8, 4) is 10.4 Å². The summed E-state index contributed by atoms with van der Waals surface area (Å²) >= 11 is 5.58. The standard InChI is InChI=1S/C16H13BrS/c1-2-11-7-9-12(10-8-11)16-15(17)13-5-3-4-6-14(13)18-16/h3-10H,2H2,1H3. The highest BCUT2D eigenvalue weighted by atomic mass is 79.9. The van der Waals surface area contributed by atoms with Crippen molar-refractivity contribution in [1.82, 2.24) is 0 Å². The predicted octanol–water partition coefficient (Wildman–Crippen LogP) is 5.89. The van der Waals surface area contributed by atoms with Crippen LogP contribution in [-0.2, 0) is 6.42 Å². The molecule has 0 unspecified atom stereocenters. The van der Waals surface area contributed by atoms with E-state index in [9.17, 15) is 0 Å². The first kappa shape index (κ1) is 11.9. The molecular weight excluding hydrogens is 304 g/mol. The van der Waals surface area contributed by atoms with E-state index < -0.39 is 0 Å². The number of aryl methyl sites for hydroxylation is 1. The fourth-order valence-corrected chi connectivity index (χ4v) is 4.14. The van der Waals surface area contributed by atoms with Gasteiger partial charge < -0.3 is 0 Å². The summed E-state index contributed by atoms with van der Waals surface area (Å²) in [6.45, 7) is 2.18. The van der Waals surface area contributed by atoms with Crippen LogP contribution >= 0.6 is 27.3 Å². The van der Waals surface area contributed by atoms with Gasteiger partial charge in [-0.3, -0.25) is 0 Å². The van der Waals surface area contributed by atoms with Crippen molar-refractivity contribution in [1.29, 1.82) is 0 Å². The van der Waals surface area contributed by atoms with Gasteiger partial charge in [-0.25, -0.2) is 0 Å². The summed E-state index contributed by atoms with van der Waals surface area (Å²) in [5.41, 5.74) is 2.68. The molecule has 0 saturated heterocycles. The minimum atomic E-state index is 1.09. The van der Waals surface area contributed by atoms with E-state index in [-0.39, 0.29) is 0 Å². The van der Waals surface area contributed by atoms with Crippen LogP contribution in [-0.4, -0.2) is 0 Å². The second-order valence-electron chi connectivity index (χ2n) is 4.29. The summed E-state index contributed by atoms with van der Waals surface area (Å²) in [5.74, 6) is 0. The lowest BCUT2D eigenvalue weighted by Gasteiger charge is -2.01. The van der Waals surface area contributed by atoms with Gasteiger partial charge in [-0.2, -0.15) is 0 Å². The lowest BCUT2D eigenvalue weighted by atomic mass is 10.1. The smallest absolute Gasteiger partial charge is 0.0497 e. The summed E-state index contributed by atoms with van der Waals surface area (Å²) in [4.78, 5) is 1.32. The average molecular weight is 317 g/mol. The Morgan fingerprint density at radius 3 is 2.39 bits per heavy atom. The molecule has 0 radical (unpaired) electrons. The van der Waals surface area contributed by atoms with Crippen LogP contribution in [0.3, 0.4) is 0 Å². The molecule has 2 heteroatoms. The van der Waals surface area contributed by atoms with E-state index in [1.165, 1.54) is 30.6 Å². The third kappa shape index (κ3) is 2.00. The fraction of sp³-hybridized carbons (Fsp3) is 0.125. The van der Waals surface area contributed by atoms with Gasteiger partial charge in [-0.1, -0.05) is 49.4 Å². The zero-order chi connectivity index (χ0) is 12.5. The SMILES string of the molecule is CCc1ccc(-c2sc3ccccc3c2Br)cc1. The van der Waals surface area contributed by atoms with E-state index in [0.717, 1.165) is 6.42 Å². The molecule has 1 heterocycles. The van der Waals surface area contributed by atoms with Crippen molar-refractivity contribution in [3.63, 3.8) is 0 Å². The number of fused-ring (bicyclic) bond motifs is 1. The van der Waals surface area contributed by atoms with E-state index in [0.29, 0.717) is 0 Å². The molecule has 90 valence electrons. The Morgan fingerprint density at radius 2 is 1.72 bits per heavy atom. The van der Waals surface area contributed by atoms with E-state index in [1.54, 1.807) is 0 Å². The van der Waals surface area contributed by atoms with Crippen LogP contribution in [0.4, 0.5) is 0 Å². The average Bonchev–Trinajstić information content (AvgIpc) is 2.77. The highest BCUT2D eigenvalue weighted by molar-refractivity contribution is 9.10. The lowest BCUT2D eigenvalue weighted by Crippen LogP contribution is -1.79. The van der Waals surface area contributed by atoms with Crippen molar-refractivity contribution in [2.24, 2.45) is 0 Å². The van der Waals surface area contributed by atoms with Crippen molar-refractivity contribution < 1.29 is 0 Å². The van der Waals surface area contributed by atoms with E-state index in [2.05, 4.69) is 71.4 Å². The first-order valence-corrected chi connectivity index (χ1v) is 7.67. The number of hydrogen-bond donors (Lipinski definition) is 0. The normalized spacial score (nSPS) is 11.0. The van der Waals surface area contributed by atoms with Crippen molar-refractivity contribution in [3.05, 3.63) is 58.6 Å². The molecule has 0 nitrogen and oxygen atoms in total. The topological polar surface area (TPSA) is 0 Å². The van der Waals surface area contributed by atoms with Crippen LogP contribution in [0, 0.1) is 0 Å². The molecule has 0 amide bonds. The second kappa shape index (κ2) is 4.87. The molecule has 0 aliphatic rings. The fourth-order valence-electron chi connectivity index (χ4n) is 2.09. The number of hydrogen-bond acceptors (Lipinski definition) is 1. The summed E-state index contributed by atoms with van der Waals surface area (Å²) in [5, 5.41) is 1.30. The number of halogens is 1. The zero-order valence-electron chi connectivity index (χ0n) is 10.1. The van der Waals surface area contributed by atoms with Crippen molar-refractivity contribution in [2.45, 2.75) is 13.3 Å². The summed E-state index contributed by atoms with van der Waals surface area (Å²) < 4.78 is 2.55. The highest BCUT2D eigenvalue weighted by Crippen LogP contribution is 2.41. The Morgan fingerprint density at radius 1 is 1.00 bits per heavy atom. The third-order valence-electron chi connectivity index (χ3n) is 3.16. The molecular formula is C16H13BrS. The van der Waals surface area contributed by atoms with Gasteiger partial charge in [-0.15, -0.1) is 11.3 Å². The molecule has 18 heavy (non-hydrogen) atoms. The van der Waals surface area contributed by atoms with E-state index in [4.69, 9.17) is 0 Å². The maximum atomic E-state index is 3.73. The number of thiophene rings is 1. The van der Waals surface area contributed by atoms with E-state index in [1.807, 2.05) is 11.3 Å². The van der Waals surface area contributed by atoms with Gasteiger partial charge in [0.15, 0.2) is 0 Å². The Balaban J connectivity index is 2.15. The second-order valence-corrected chi connectivity index (χ2v) is 6.14. The van der Waals surface area contributed by atoms with Gasteiger partial charge >= 0.3 is 0 Å². The quantitative estimate of drug-likeness (QED) is 0.552. The Hall–Kier alpha value is -1.12. The number of benzene rings is 2. The van der Waals surface area contributed by atoms with Crippen LogP contribution in [0.1, 0.15) is 12.5 Å². The van der Waals surface area contributed by atoms with Gasteiger partial charge in [0.2, 0.25) is 0 Å². The molecule has 0 aliphatic carbocycles. The summed E-state index contributed by atoms with van der Waals surface area (Å²) in [6, 6.07) is 17.4. The monoisotopic (exact) mass is 316 g/mol. The lowest BCUT2D eigenvalue weighted by molar-refractivity contribution is 1.14. The van der Waals surface area contributed by atoms with Gasteiger partial charge in [-0.05, 0) is 39.5 Å². The van der Waals surface area contributed by atoms with E-state index >= 15 is 0 Å². The maximum absolute atomic E-state index is 3.73. The minimum Gasteiger partial charge on any atom is -0.134 e. The molecule has 0 N–H and O–H groups in total. The van der Waals surface area contributed by atoms with Gasteiger partial charge in [0.05, 0.1) is 0 Å². The van der Waals surface area contributed by atoms with Crippen LogP contribution in [0.5, 0.6) is 0 Å². The largest absolute Gasteiger partial charge is 0.134 e. The molecule has 3 aromatic rings. The molecule has 0 aliphatic heterocycles. The number of rotatable bonds is 2. The molecule has 3 rings (SSSR count). The van der Waals surface area contributed by atoms with Crippen molar-refractivity contribution in [2.75, 3.05) is 0 Å². The first-order chi connectivity index (χ1) is 8.79. The maximum Gasteiger partial charge on any atom is 0.0497 e. The van der Waals surface area contributed by atoms with Crippen LogP contribution in [0.2, 0.25) is 0 Å². The third-order valence-corrected chi connectivity index (χ3v) is 5.47. The zero-order valence-corrected chi connectivity index (χ0v) is 12.5.